The van der Waals surface area contributed by atoms with E-state index in [-0.39, 0.29) is 88.6 Å². The summed E-state index contributed by atoms with van der Waals surface area (Å²) >= 11 is 0. The molecule has 2 aromatic carbocycles. The normalized spacial score (nSPS) is 10.7. The summed E-state index contributed by atoms with van der Waals surface area (Å²) in [5.74, 6) is -1.06. The van der Waals surface area contributed by atoms with E-state index in [4.69, 9.17) is 23.7 Å². The van der Waals surface area contributed by atoms with Crippen LogP contribution in [-0.4, -0.2) is 64.1 Å². The number of nitrogens with one attached hydrogen (secondary N) is 3. The van der Waals surface area contributed by atoms with Crippen LogP contribution >= 0.6 is 0 Å². The van der Waals surface area contributed by atoms with Gasteiger partial charge in [-0.05, 0) is 120 Å². The molecule has 0 aliphatic carbocycles. The van der Waals surface area contributed by atoms with Crippen molar-refractivity contribution in [2.45, 2.75) is 80.4 Å². The molecule has 3 N–H and O–H groups in total. The number of nitriles is 2. The Morgan fingerprint density at radius 3 is 1.64 bits per heavy atom. The van der Waals surface area contributed by atoms with Gasteiger partial charge in [-0.2, -0.15) is 18.9 Å². The first-order chi connectivity index (χ1) is 34.4. The first-order valence-electron chi connectivity index (χ1n) is 22.1. The van der Waals surface area contributed by atoms with Crippen LogP contribution in [0.15, 0.2) is 92.0 Å². The van der Waals surface area contributed by atoms with Crippen LogP contribution in [0.4, 0.5) is 11.6 Å². The molecule has 0 bridgehead atoms. The Morgan fingerprint density at radius 1 is 0.707 bits per heavy atom. The minimum atomic E-state index is -3.45. The molecule has 3 radical (unpaired) electrons. The Hall–Kier alpha value is -8.46. The zero-order valence-electron chi connectivity index (χ0n) is 42.4. The second kappa shape index (κ2) is 28.1. The number of pyridine rings is 2. The number of benzene rings is 2. The monoisotopic (exact) mass is 1200 g/mol. The van der Waals surface area contributed by atoms with Gasteiger partial charge < -0.3 is 14.7 Å². The molecule has 0 spiro atoms. The van der Waals surface area contributed by atoms with Gasteiger partial charge >= 0.3 is 11.4 Å². The van der Waals surface area contributed by atoms with Crippen molar-refractivity contribution in [1.82, 2.24) is 29.5 Å². The fourth-order valence-electron chi connectivity index (χ4n) is 7.46. The van der Waals surface area contributed by atoms with Gasteiger partial charge in [0, 0.05) is 77.7 Å². The molecule has 0 aliphatic rings. The van der Waals surface area contributed by atoms with Crippen LogP contribution in [0.5, 0.6) is 0 Å². The van der Waals surface area contributed by atoms with Crippen LogP contribution in [-0.2, 0) is 48.5 Å². The first kappa shape index (κ1) is 62.7. The van der Waals surface area contributed by atoms with Crippen molar-refractivity contribution in [3.05, 3.63) is 216 Å². The van der Waals surface area contributed by atoms with Gasteiger partial charge in [-0.3, -0.25) is 37.9 Å². The second-order valence-corrected chi connectivity index (χ2v) is 18.7. The molecule has 0 aliphatic heterocycles. The third kappa shape index (κ3) is 17.9. The number of hydrogen-bond donors (Lipinski definition) is 3. The summed E-state index contributed by atoms with van der Waals surface area (Å²) in [6.45, 7) is 28.2. The van der Waals surface area contributed by atoms with E-state index in [1.807, 2.05) is 38.1 Å². The number of nitrogens with zero attached hydrogens (tertiary/aromatic N) is 7. The molecule has 0 fully saturated rings. The van der Waals surface area contributed by atoms with Crippen molar-refractivity contribution in [2.24, 2.45) is 0 Å². The van der Waals surface area contributed by atoms with Gasteiger partial charge in [0.15, 0.2) is 0 Å². The number of carbonyl (C=O) groups excluding carboxylic acids is 2. The SMILES string of the molecule is Cc1cc(/C=C/C#N)cc(C(=O)c2[nH]c(=O)[nH]c(=O)c2C(C)C)c1.[B].[C-]#[N+]c1cc(COS(C)(=O)=O)cc(C)n1.[C-]#[N+]c1cc(Cn2c(C(=O)c3cc(C)cc(/C=C/C#N)c3)c(C(C)C)c(=O)[nH]c2=O)cc(C)n1.[W]. The molecule has 0 saturated heterocycles. The molecule has 75 heavy (non-hydrogen) atoms. The standard InChI is InChI=1S/C26H23N5O3.C18H17N3O3.C9H10N2O3S.B.W/c1-15(2)22-23(24(32)20-10-16(3)9-18(12-20)7-6-8-27)31(26(34)30-25(22)33)14-19-11-17(4)29-21(13-19)28-5;1-10(2)14-15(20-18(24)21-17(14)23)16(22)13-8-11(3)7-12(9-13)5-4-6-19;1-7-4-8(5-9(10-2)11-7)6-14-15(3,12)13;;/h6-7,9-13,15H,14H2,1-4H3,(H,30,33,34);4-5,7-10H,1-3H3,(H2,20,21,23,24);4-5H,6H2,1,3H3;;/b7-6+;5-4+;;;. The summed E-state index contributed by atoms with van der Waals surface area (Å²) in [6.07, 6.45) is 6.79. The molecule has 0 saturated carbocycles. The van der Waals surface area contributed by atoms with E-state index >= 15 is 0 Å². The Labute approximate surface area is 449 Å². The minimum Gasteiger partial charge on any atom is -0.361 e. The number of aryl methyl sites for hydroxylation is 4. The molecular weight excluding hydrogens is 1150 g/mol. The maximum Gasteiger partial charge on any atom is 0.329 e. The largest absolute Gasteiger partial charge is 0.361 e. The van der Waals surface area contributed by atoms with Crippen molar-refractivity contribution < 1.29 is 43.3 Å². The van der Waals surface area contributed by atoms with Crippen LogP contribution in [0.3, 0.4) is 0 Å². The summed E-state index contributed by atoms with van der Waals surface area (Å²) in [5.41, 5.74) is 3.96. The summed E-state index contributed by atoms with van der Waals surface area (Å²) in [5, 5.41) is 17.5. The van der Waals surface area contributed by atoms with Crippen LogP contribution in [0.25, 0.3) is 21.8 Å². The molecule has 0 unspecified atom stereocenters. The molecule has 4 aromatic heterocycles. The number of H-pyrrole nitrogens is 3. The Bertz CT molecular complexity index is 3740. The first-order valence-corrected chi connectivity index (χ1v) is 23.9. The van der Waals surface area contributed by atoms with Crippen LogP contribution in [0, 0.1) is 63.5 Å². The Morgan fingerprint density at radius 2 is 1.17 bits per heavy atom. The van der Waals surface area contributed by atoms with Crippen molar-refractivity contribution in [3.63, 3.8) is 0 Å². The summed E-state index contributed by atoms with van der Waals surface area (Å²) < 4.78 is 27.3. The maximum absolute atomic E-state index is 13.8. The zero-order chi connectivity index (χ0) is 54.3. The topological polar surface area (TPSA) is 280 Å². The quantitative estimate of drug-likeness (QED) is 0.0336. The van der Waals surface area contributed by atoms with E-state index in [0.29, 0.717) is 44.8 Å². The summed E-state index contributed by atoms with van der Waals surface area (Å²) in [4.78, 5) is 97.5. The minimum absolute atomic E-state index is 0. The van der Waals surface area contributed by atoms with E-state index in [9.17, 15) is 37.2 Å². The maximum atomic E-state index is 13.8. The van der Waals surface area contributed by atoms with Crippen molar-refractivity contribution in [3.8, 4) is 12.1 Å². The Balaban J connectivity index is 0.000000410. The predicted molar refractivity (Wildman–Crippen MR) is 281 cm³/mol. The van der Waals surface area contributed by atoms with E-state index in [1.54, 1.807) is 96.2 Å². The van der Waals surface area contributed by atoms with E-state index < -0.39 is 44.2 Å². The van der Waals surface area contributed by atoms with Crippen LogP contribution < -0.4 is 22.5 Å². The number of aromatic nitrogens is 6. The van der Waals surface area contributed by atoms with Crippen LogP contribution in [0.2, 0.25) is 0 Å². The molecule has 22 heteroatoms. The van der Waals surface area contributed by atoms with Gasteiger partial charge in [0.05, 0.1) is 37.2 Å². The second-order valence-electron chi connectivity index (χ2n) is 17.1. The Kier molecular flexibility index (Phi) is 23.5. The fourth-order valence-corrected chi connectivity index (χ4v) is 7.81. The van der Waals surface area contributed by atoms with Gasteiger partial charge in [0.2, 0.25) is 11.6 Å². The molecule has 0 atom stereocenters. The van der Waals surface area contributed by atoms with Crippen molar-refractivity contribution in [2.75, 3.05) is 6.26 Å². The zero-order valence-corrected chi connectivity index (χ0v) is 46.1. The molecule has 19 nitrogen and oxygen atoms in total. The van der Waals surface area contributed by atoms with E-state index in [0.717, 1.165) is 17.4 Å². The smallest absolute Gasteiger partial charge is 0.329 e. The van der Waals surface area contributed by atoms with E-state index in [1.165, 1.54) is 22.8 Å². The third-order valence-electron chi connectivity index (χ3n) is 10.2. The molecular formula is C53H50BN10O9SW. The molecule has 4 heterocycles. The van der Waals surface area contributed by atoms with Gasteiger partial charge in [-0.25, -0.2) is 9.59 Å². The molecule has 6 rings (SSSR count). The molecule has 0 amide bonds. The third-order valence-corrected chi connectivity index (χ3v) is 10.8. The van der Waals surface area contributed by atoms with Gasteiger partial charge in [0.25, 0.3) is 32.9 Å². The number of ketones is 2. The van der Waals surface area contributed by atoms with Gasteiger partial charge in [0.1, 0.15) is 17.1 Å². The number of aromatic amines is 3. The average molecular weight is 1200 g/mol. The fraction of sp³-hybridized carbons (Fsp3) is 0.245. The number of rotatable bonds is 13. The summed E-state index contributed by atoms with van der Waals surface area (Å²) in [6, 6.07) is 20.5. The summed E-state index contributed by atoms with van der Waals surface area (Å²) in [7, 11) is -3.45. The van der Waals surface area contributed by atoms with Gasteiger partial charge in [-0.15, -0.1) is 9.97 Å². The average Bonchev–Trinajstić information content (AvgIpc) is 3.31. The van der Waals surface area contributed by atoms with Crippen molar-refractivity contribution in [1.29, 1.82) is 10.5 Å². The number of carbonyl (C=O) groups is 2. The van der Waals surface area contributed by atoms with Crippen molar-refractivity contribution >= 4 is 53.9 Å². The number of allylic oxidation sites excluding steroid dienone is 2. The van der Waals surface area contributed by atoms with E-state index in [2.05, 4.69) is 38.8 Å². The number of hydrogen-bond acceptors (Lipinski definition) is 13. The van der Waals surface area contributed by atoms with Gasteiger partial charge in [-0.1, -0.05) is 53.0 Å². The van der Waals surface area contributed by atoms with Crippen LogP contribution in [0.1, 0.15) is 128 Å². The molecule has 6 aromatic rings. The predicted octanol–water partition coefficient (Wildman–Crippen LogP) is 7.34. The molecule has 381 valence electrons.